The summed E-state index contributed by atoms with van der Waals surface area (Å²) in [5.74, 6) is 0. The predicted molar refractivity (Wildman–Crippen MR) is 26.7 cm³/mol. The van der Waals surface area contributed by atoms with E-state index in [0.29, 0.717) is 0 Å². The quantitative estimate of drug-likeness (QED) is 0.444. The summed E-state index contributed by atoms with van der Waals surface area (Å²) in [6, 6.07) is 2.03. The summed E-state index contributed by atoms with van der Waals surface area (Å²) in [5.41, 5.74) is 1.25. The number of H-pyrrole nitrogens is 1. The SMILES string of the molecule is Cc1cc[nH][n+]1C. The highest BCUT2D eigenvalue weighted by Crippen LogP contribution is 1.79. The Bertz CT molecular complexity index is 138. The summed E-state index contributed by atoms with van der Waals surface area (Å²) < 4.78 is 1.96. The lowest BCUT2D eigenvalue weighted by Gasteiger charge is -1.74. The molecule has 0 atom stereocenters. The molecule has 1 N–H and O–H groups in total. The van der Waals surface area contributed by atoms with Crippen LogP contribution in [-0.4, -0.2) is 5.10 Å². The molecule has 0 aliphatic rings. The standard InChI is InChI=1S/C5H8N2/c1-5-3-4-6-7(5)2/h3-4H,1-2H3/p+1. The van der Waals surface area contributed by atoms with Gasteiger partial charge in [0.15, 0.2) is 7.05 Å². The average Bonchev–Trinajstić information content (AvgIpc) is 1.91. The second-order valence-corrected chi connectivity index (χ2v) is 1.66. The molecule has 38 valence electrons. The molecule has 0 saturated heterocycles. The highest BCUT2D eigenvalue weighted by atomic mass is 15.2. The van der Waals surface area contributed by atoms with E-state index in [0.717, 1.165) is 0 Å². The van der Waals surface area contributed by atoms with Gasteiger partial charge in [0.05, 0.1) is 6.20 Å². The molecule has 0 aliphatic heterocycles. The van der Waals surface area contributed by atoms with Crippen molar-refractivity contribution in [3.8, 4) is 0 Å². The van der Waals surface area contributed by atoms with Crippen LogP contribution in [-0.2, 0) is 7.05 Å². The number of aryl methyl sites for hydroxylation is 2. The van der Waals surface area contributed by atoms with Gasteiger partial charge in [-0.15, -0.1) is 4.68 Å². The molecule has 0 fully saturated rings. The van der Waals surface area contributed by atoms with Gasteiger partial charge in [-0.1, -0.05) is 0 Å². The first-order valence-electron chi connectivity index (χ1n) is 2.31. The molecule has 1 rings (SSSR count). The fourth-order valence-electron chi connectivity index (χ4n) is 0.483. The van der Waals surface area contributed by atoms with Gasteiger partial charge in [0.1, 0.15) is 0 Å². The highest BCUT2D eigenvalue weighted by molar-refractivity contribution is 4.85. The van der Waals surface area contributed by atoms with Crippen LogP contribution in [0.3, 0.4) is 0 Å². The number of nitrogens with zero attached hydrogens (tertiary/aromatic N) is 1. The molecule has 0 amide bonds. The maximum atomic E-state index is 2.98. The topological polar surface area (TPSA) is 19.7 Å². The monoisotopic (exact) mass is 97.1 g/mol. The normalized spacial score (nSPS) is 9.43. The molecular formula is C5H9N2+. The van der Waals surface area contributed by atoms with Crippen LogP contribution in [0, 0.1) is 6.92 Å². The van der Waals surface area contributed by atoms with Crippen molar-refractivity contribution < 1.29 is 4.68 Å². The summed E-state index contributed by atoms with van der Waals surface area (Å²) in [4.78, 5) is 0. The zero-order valence-electron chi connectivity index (χ0n) is 4.60. The molecule has 2 nitrogen and oxygen atoms in total. The van der Waals surface area contributed by atoms with Gasteiger partial charge in [0, 0.05) is 13.0 Å². The van der Waals surface area contributed by atoms with Crippen molar-refractivity contribution in [1.29, 1.82) is 0 Å². The first kappa shape index (κ1) is 4.37. The maximum absolute atomic E-state index is 2.98. The van der Waals surface area contributed by atoms with E-state index in [1.165, 1.54) is 5.69 Å². The minimum atomic E-state index is 1.25. The third-order valence-electron chi connectivity index (χ3n) is 1.12. The Morgan fingerprint density at radius 1 is 1.71 bits per heavy atom. The van der Waals surface area contributed by atoms with Gasteiger partial charge < -0.3 is 0 Å². The summed E-state index contributed by atoms with van der Waals surface area (Å²) in [7, 11) is 1.98. The van der Waals surface area contributed by atoms with Crippen LogP contribution in [0.15, 0.2) is 12.3 Å². The van der Waals surface area contributed by atoms with E-state index in [-0.39, 0.29) is 0 Å². The predicted octanol–water partition coefficient (Wildman–Crippen LogP) is 0.148. The Hall–Kier alpha value is -0.790. The average molecular weight is 97.1 g/mol. The second-order valence-electron chi connectivity index (χ2n) is 1.66. The van der Waals surface area contributed by atoms with Crippen molar-refractivity contribution in [2.45, 2.75) is 6.92 Å². The van der Waals surface area contributed by atoms with Gasteiger partial charge in [-0.25, -0.2) is 0 Å². The van der Waals surface area contributed by atoms with Crippen molar-refractivity contribution in [2.75, 3.05) is 0 Å². The van der Waals surface area contributed by atoms with Crippen LogP contribution >= 0.6 is 0 Å². The Kier molecular flexibility index (Phi) is 0.855. The van der Waals surface area contributed by atoms with E-state index in [1.54, 1.807) is 0 Å². The fourth-order valence-corrected chi connectivity index (χ4v) is 0.483. The van der Waals surface area contributed by atoms with Crippen molar-refractivity contribution in [3.63, 3.8) is 0 Å². The molecule has 7 heavy (non-hydrogen) atoms. The molecule has 0 unspecified atom stereocenters. The van der Waals surface area contributed by atoms with E-state index in [2.05, 4.69) is 12.0 Å². The first-order valence-corrected chi connectivity index (χ1v) is 2.31. The van der Waals surface area contributed by atoms with Crippen molar-refractivity contribution in [2.24, 2.45) is 7.05 Å². The van der Waals surface area contributed by atoms with Crippen molar-refractivity contribution in [1.82, 2.24) is 5.10 Å². The van der Waals surface area contributed by atoms with E-state index in [1.807, 2.05) is 24.0 Å². The van der Waals surface area contributed by atoms with E-state index < -0.39 is 0 Å². The third-order valence-corrected chi connectivity index (χ3v) is 1.12. The molecule has 0 bridgehead atoms. The van der Waals surface area contributed by atoms with Crippen LogP contribution < -0.4 is 4.68 Å². The van der Waals surface area contributed by atoms with E-state index in [9.17, 15) is 0 Å². The Balaban J connectivity index is 3.12. The lowest BCUT2D eigenvalue weighted by atomic mass is 10.5. The maximum Gasteiger partial charge on any atom is 0.204 e. The van der Waals surface area contributed by atoms with Gasteiger partial charge in [-0.05, 0) is 0 Å². The number of nitrogens with one attached hydrogen (secondary N) is 1. The van der Waals surface area contributed by atoms with E-state index in [4.69, 9.17) is 0 Å². The van der Waals surface area contributed by atoms with Gasteiger partial charge in [0.25, 0.3) is 0 Å². The molecule has 0 aromatic carbocycles. The van der Waals surface area contributed by atoms with Crippen LogP contribution in [0.25, 0.3) is 0 Å². The second kappa shape index (κ2) is 1.37. The van der Waals surface area contributed by atoms with Gasteiger partial charge in [0.2, 0.25) is 5.69 Å². The molecule has 1 heterocycles. The molecule has 1 aromatic rings. The highest BCUT2D eigenvalue weighted by Gasteiger charge is 1.94. The largest absolute Gasteiger partial charge is 0.204 e. The van der Waals surface area contributed by atoms with Crippen LogP contribution in [0.5, 0.6) is 0 Å². The lowest BCUT2D eigenvalue weighted by Crippen LogP contribution is -2.32. The molecular weight excluding hydrogens is 88.1 g/mol. The molecule has 0 radical (unpaired) electrons. The smallest absolute Gasteiger partial charge is 0.173 e. The fraction of sp³-hybridized carbons (Fsp3) is 0.400. The van der Waals surface area contributed by atoms with Crippen LogP contribution in [0.2, 0.25) is 0 Å². The Morgan fingerprint density at radius 3 is 2.57 bits per heavy atom. The molecule has 0 saturated carbocycles. The summed E-state index contributed by atoms with van der Waals surface area (Å²) >= 11 is 0. The van der Waals surface area contributed by atoms with Gasteiger partial charge in [-0.2, -0.15) is 5.10 Å². The Morgan fingerprint density at radius 2 is 2.43 bits per heavy atom. The Labute approximate surface area is 42.8 Å². The van der Waals surface area contributed by atoms with Crippen molar-refractivity contribution >= 4 is 0 Å². The molecule has 1 aromatic heterocycles. The zero-order chi connectivity index (χ0) is 5.28. The van der Waals surface area contributed by atoms with Crippen LogP contribution in [0.4, 0.5) is 0 Å². The zero-order valence-corrected chi connectivity index (χ0v) is 4.60. The van der Waals surface area contributed by atoms with Gasteiger partial charge in [-0.3, -0.25) is 0 Å². The number of hydrogen-bond acceptors (Lipinski definition) is 0. The number of aromatic nitrogens is 2. The minimum absolute atomic E-state index is 1.25. The lowest BCUT2D eigenvalue weighted by molar-refractivity contribution is -0.732. The third kappa shape index (κ3) is 0.633. The molecule has 0 aliphatic carbocycles. The molecule has 2 heteroatoms. The summed E-state index contributed by atoms with van der Waals surface area (Å²) in [6.07, 6.45) is 1.91. The number of rotatable bonds is 0. The van der Waals surface area contributed by atoms with Crippen molar-refractivity contribution in [3.05, 3.63) is 18.0 Å². The number of aromatic amines is 1. The minimum Gasteiger partial charge on any atom is -0.173 e. The van der Waals surface area contributed by atoms with Crippen LogP contribution in [0.1, 0.15) is 5.69 Å². The first-order chi connectivity index (χ1) is 3.30. The summed E-state index contributed by atoms with van der Waals surface area (Å²) in [6.45, 7) is 2.05. The number of hydrogen-bond donors (Lipinski definition) is 1. The molecule has 0 spiro atoms. The summed E-state index contributed by atoms with van der Waals surface area (Å²) in [5, 5.41) is 2.98. The van der Waals surface area contributed by atoms with E-state index >= 15 is 0 Å². The van der Waals surface area contributed by atoms with Gasteiger partial charge >= 0.3 is 0 Å².